The summed E-state index contributed by atoms with van der Waals surface area (Å²) < 4.78 is 0. The fourth-order valence-corrected chi connectivity index (χ4v) is 2.37. The summed E-state index contributed by atoms with van der Waals surface area (Å²) in [6.07, 6.45) is 0. The van der Waals surface area contributed by atoms with Crippen molar-refractivity contribution in [1.29, 1.82) is 0 Å². The molecule has 0 radical (unpaired) electrons. The number of hydrogen-bond donors (Lipinski definition) is 1. The highest BCUT2D eigenvalue weighted by Gasteiger charge is 2.04. The van der Waals surface area contributed by atoms with E-state index in [-0.39, 0.29) is 0 Å². The van der Waals surface area contributed by atoms with Gasteiger partial charge >= 0.3 is 0 Å². The Morgan fingerprint density at radius 2 is 2.06 bits per heavy atom. The highest BCUT2D eigenvalue weighted by molar-refractivity contribution is 7.15. The topological polar surface area (TPSA) is 24.9 Å². The van der Waals surface area contributed by atoms with Crippen molar-refractivity contribution < 1.29 is 0 Å². The van der Waals surface area contributed by atoms with Crippen molar-refractivity contribution in [3.05, 3.63) is 45.4 Å². The number of benzene rings is 1. The van der Waals surface area contributed by atoms with Crippen LogP contribution in [-0.2, 0) is 6.54 Å². The zero-order valence-electron chi connectivity index (χ0n) is 9.25. The van der Waals surface area contributed by atoms with Crippen LogP contribution in [0, 0.1) is 13.8 Å². The van der Waals surface area contributed by atoms with Gasteiger partial charge in [0.2, 0.25) is 0 Å². The maximum Gasteiger partial charge on any atom is 0.183 e. The van der Waals surface area contributed by atoms with Gasteiger partial charge in [0.05, 0.1) is 5.69 Å². The smallest absolute Gasteiger partial charge is 0.183 e. The van der Waals surface area contributed by atoms with Gasteiger partial charge in [-0.1, -0.05) is 29.8 Å². The molecule has 2 nitrogen and oxygen atoms in total. The standard InChI is InChI=1S/C12H13ClN2S/c1-8-9(2)16-12(15-8)14-7-10-5-3-4-6-11(10)13/h3-6H,7H2,1-2H3,(H,14,15). The summed E-state index contributed by atoms with van der Waals surface area (Å²) >= 11 is 7.74. The molecule has 2 rings (SSSR count). The molecule has 2 aromatic rings. The number of thiazole rings is 1. The van der Waals surface area contributed by atoms with Crippen molar-refractivity contribution in [3.8, 4) is 0 Å². The number of hydrogen-bond acceptors (Lipinski definition) is 3. The van der Waals surface area contributed by atoms with Crippen molar-refractivity contribution in [3.63, 3.8) is 0 Å². The van der Waals surface area contributed by atoms with E-state index in [0.29, 0.717) is 6.54 Å². The quantitative estimate of drug-likeness (QED) is 0.892. The molecular weight excluding hydrogens is 240 g/mol. The number of anilines is 1. The fraction of sp³-hybridized carbons (Fsp3) is 0.250. The van der Waals surface area contributed by atoms with Crippen LogP contribution in [0.2, 0.25) is 5.02 Å². The van der Waals surface area contributed by atoms with Crippen molar-refractivity contribution in [2.75, 3.05) is 5.32 Å². The van der Waals surface area contributed by atoms with Gasteiger partial charge in [0, 0.05) is 16.4 Å². The zero-order valence-corrected chi connectivity index (χ0v) is 10.8. The van der Waals surface area contributed by atoms with Gasteiger partial charge in [-0.25, -0.2) is 4.98 Å². The number of aryl methyl sites for hydroxylation is 2. The molecule has 0 saturated heterocycles. The molecule has 1 aromatic heterocycles. The zero-order chi connectivity index (χ0) is 11.5. The Kier molecular flexibility index (Phi) is 3.46. The molecule has 0 aliphatic carbocycles. The molecule has 0 unspecified atom stereocenters. The molecule has 0 saturated carbocycles. The molecule has 1 heterocycles. The monoisotopic (exact) mass is 252 g/mol. The minimum atomic E-state index is 0.714. The number of aromatic nitrogens is 1. The second-order valence-electron chi connectivity index (χ2n) is 3.61. The van der Waals surface area contributed by atoms with Crippen LogP contribution in [0.3, 0.4) is 0 Å². The van der Waals surface area contributed by atoms with Crippen LogP contribution in [0.5, 0.6) is 0 Å². The highest BCUT2D eigenvalue weighted by Crippen LogP contribution is 2.23. The van der Waals surface area contributed by atoms with Gasteiger partial charge in [0.25, 0.3) is 0 Å². The van der Waals surface area contributed by atoms with Crippen molar-refractivity contribution in [1.82, 2.24) is 4.98 Å². The van der Waals surface area contributed by atoms with E-state index in [4.69, 9.17) is 11.6 Å². The Labute approximate surface area is 104 Å². The average molecular weight is 253 g/mol. The minimum absolute atomic E-state index is 0.714. The molecular formula is C12H13ClN2S. The fourth-order valence-electron chi connectivity index (χ4n) is 1.36. The summed E-state index contributed by atoms with van der Waals surface area (Å²) in [7, 11) is 0. The number of halogens is 1. The summed E-state index contributed by atoms with van der Waals surface area (Å²) in [5.41, 5.74) is 2.18. The average Bonchev–Trinajstić information content (AvgIpc) is 2.57. The van der Waals surface area contributed by atoms with Gasteiger partial charge in [-0.15, -0.1) is 11.3 Å². The van der Waals surface area contributed by atoms with E-state index in [1.54, 1.807) is 11.3 Å². The predicted molar refractivity (Wildman–Crippen MR) is 70.4 cm³/mol. The number of nitrogens with one attached hydrogen (secondary N) is 1. The van der Waals surface area contributed by atoms with Crippen molar-refractivity contribution in [2.24, 2.45) is 0 Å². The Hall–Kier alpha value is -1.06. The number of rotatable bonds is 3. The van der Waals surface area contributed by atoms with E-state index in [9.17, 15) is 0 Å². The van der Waals surface area contributed by atoms with Crippen LogP contribution in [-0.4, -0.2) is 4.98 Å². The third kappa shape index (κ3) is 2.54. The van der Waals surface area contributed by atoms with E-state index in [1.165, 1.54) is 4.88 Å². The lowest BCUT2D eigenvalue weighted by molar-refractivity contribution is 1.12. The summed E-state index contributed by atoms with van der Waals surface area (Å²) in [5, 5.41) is 5.03. The molecule has 0 spiro atoms. The first-order valence-electron chi connectivity index (χ1n) is 5.08. The van der Waals surface area contributed by atoms with Gasteiger partial charge < -0.3 is 5.32 Å². The van der Waals surface area contributed by atoms with Gasteiger partial charge in [-0.05, 0) is 25.5 Å². The van der Waals surface area contributed by atoms with E-state index < -0.39 is 0 Å². The van der Waals surface area contributed by atoms with Crippen molar-refractivity contribution >= 4 is 28.1 Å². The molecule has 1 aromatic carbocycles. The van der Waals surface area contributed by atoms with Crippen LogP contribution >= 0.6 is 22.9 Å². The molecule has 0 aliphatic heterocycles. The lowest BCUT2D eigenvalue weighted by Crippen LogP contribution is -1.99. The first-order chi connectivity index (χ1) is 7.66. The third-order valence-corrected chi connectivity index (χ3v) is 3.82. The summed E-state index contributed by atoms with van der Waals surface area (Å²) in [4.78, 5) is 5.67. The maximum atomic E-state index is 6.07. The summed E-state index contributed by atoms with van der Waals surface area (Å²) in [5.74, 6) is 0. The largest absolute Gasteiger partial charge is 0.357 e. The van der Waals surface area contributed by atoms with Gasteiger partial charge in [-0.3, -0.25) is 0 Å². The maximum absolute atomic E-state index is 6.07. The SMILES string of the molecule is Cc1nc(NCc2ccccc2Cl)sc1C. The first kappa shape index (κ1) is 11.4. The second-order valence-corrected chi connectivity index (χ2v) is 5.22. The summed E-state index contributed by atoms with van der Waals surface area (Å²) in [6.45, 7) is 4.81. The lowest BCUT2D eigenvalue weighted by Gasteiger charge is -2.04. The van der Waals surface area contributed by atoms with Gasteiger partial charge in [0.1, 0.15) is 0 Å². The van der Waals surface area contributed by atoms with Crippen LogP contribution in [0.1, 0.15) is 16.1 Å². The van der Waals surface area contributed by atoms with Gasteiger partial charge in [0.15, 0.2) is 5.13 Å². The molecule has 1 N–H and O–H groups in total. The Bertz CT molecular complexity index is 474. The van der Waals surface area contributed by atoms with E-state index in [2.05, 4.69) is 17.2 Å². The Morgan fingerprint density at radius 1 is 1.31 bits per heavy atom. The molecule has 4 heteroatoms. The molecule has 0 atom stereocenters. The lowest BCUT2D eigenvalue weighted by atomic mass is 10.2. The normalized spacial score (nSPS) is 10.4. The van der Waals surface area contributed by atoms with E-state index >= 15 is 0 Å². The van der Waals surface area contributed by atoms with Crippen LogP contribution in [0.15, 0.2) is 24.3 Å². The molecule has 84 valence electrons. The molecule has 0 aliphatic rings. The molecule has 16 heavy (non-hydrogen) atoms. The van der Waals surface area contributed by atoms with E-state index in [0.717, 1.165) is 21.4 Å². The van der Waals surface area contributed by atoms with Crippen LogP contribution in [0.4, 0.5) is 5.13 Å². The van der Waals surface area contributed by atoms with E-state index in [1.807, 2.05) is 31.2 Å². The van der Waals surface area contributed by atoms with Crippen LogP contribution in [0.25, 0.3) is 0 Å². The highest BCUT2D eigenvalue weighted by atomic mass is 35.5. The minimum Gasteiger partial charge on any atom is -0.357 e. The molecule has 0 bridgehead atoms. The summed E-state index contributed by atoms with van der Waals surface area (Å²) in [6, 6.07) is 7.84. The third-order valence-electron chi connectivity index (χ3n) is 2.42. The molecule has 0 amide bonds. The Morgan fingerprint density at radius 3 is 2.69 bits per heavy atom. The van der Waals surface area contributed by atoms with Crippen LogP contribution < -0.4 is 5.32 Å². The number of nitrogens with zero attached hydrogens (tertiary/aromatic N) is 1. The second kappa shape index (κ2) is 4.85. The first-order valence-corrected chi connectivity index (χ1v) is 6.27. The van der Waals surface area contributed by atoms with Gasteiger partial charge in [-0.2, -0.15) is 0 Å². The van der Waals surface area contributed by atoms with Crippen molar-refractivity contribution in [2.45, 2.75) is 20.4 Å². The predicted octanol–water partition coefficient (Wildman–Crippen LogP) is 4.03. The molecule has 0 fully saturated rings. The Balaban J connectivity index is 2.05.